The minimum Gasteiger partial charge on any atom is -0.395 e. The highest BCUT2D eigenvalue weighted by molar-refractivity contribution is 5.70. The molecule has 0 radical (unpaired) electrons. The minimum atomic E-state index is 0.704. The van der Waals surface area contributed by atoms with Crippen molar-refractivity contribution in [2.75, 3.05) is 5.73 Å². The molecule has 0 aliphatic heterocycles. The van der Waals surface area contributed by atoms with Gasteiger partial charge in [-0.25, -0.2) is 4.98 Å². The molecule has 0 aromatic carbocycles. The molecule has 2 aromatic heterocycles. The van der Waals surface area contributed by atoms with Gasteiger partial charge in [0, 0.05) is 12.2 Å². The maximum atomic E-state index is 6.03. The zero-order chi connectivity index (χ0) is 11.9. The number of nitrogens with zero attached hydrogens (tertiary/aromatic N) is 3. The predicted octanol–water partition coefficient (Wildman–Crippen LogP) is 1.80. The van der Waals surface area contributed by atoms with E-state index in [0.717, 1.165) is 35.1 Å². The van der Waals surface area contributed by atoms with Crippen molar-refractivity contribution in [3.63, 3.8) is 0 Å². The predicted molar refractivity (Wildman–Crippen MR) is 64.1 cm³/mol. The molecular formula is C11H17N5. The van der Waals surface area contributed by atoms with E-state index in [1.807, 2.05) is 32.4 Å². The molecular weight excluding hydrogens is 202 g/mol. The molecule has 0 aliphatic rings. The van der Waals surface area contributed by atoms with Crippen molar-refractivity contribution in [1.82, 2.24) is 19.7 Å². The van der Waals surface area contributed by atoms with Crippen LogP contribution < -0.4 is 5.73 Å². The van der Waals surface area contributed by atoms with Gasteiger partial charge < -0.3 is 10.7 Å². The van der Waals surface area contributed by atoms with Crippen LogP contribution >= 0.6 is 0 Å². The molecule has 2 aromatic rings. The molecule has 16 heavy (non-hydrogen) atoms. The van der Waals surface area contributed by atoms with Gasteiger partial charge in [0.05, 0.1) is 17.1 Å². The van der Waals surface area contributed by atoms with Gasteiger partial charge in [-0.15, -0.1) is 0 Å². The van der Waals surface area contributed by atoms with Crippen LogP contribution in [0.1, 0.15) is 24.0 Å². The fourth-order valence-electron chi connectivity index (χ4n) is 1.73. The van der Waals surface area contributed by atoms with Gasteiger partial charge in [-0.3, -0.25) is 4.68 Å². The lowest BCUT2D eigenvalue weighted by atomic mass is 10.3. The van der Waals surface area contributed by atoms with E-state index in [9.17, 15) is 0 Å². The highest BCUT2D eigenvalue weighted by Gasteiger charge is 2.16. The van der Waals surface area contributed by atoms with E-state index in [1.54, 1.807) is 0 Å². The number of hydrogen-bond donors (Lipinski definition) is 2. The van der Waals surface area contributed by atoms with E-state index in [4.69, 9.17) is 5.73 Å². The van der Waals surface area contributed by atoms with Gasteiger partial charge in [0.25, 0.3) is 0 Å². The lowest BCUT2D eigenvalue weighted by Crippen LogP contribution is -2.01. The number of nitrogen functional groups attached to an aromatic ring is 1. The minimum absolute atomic E-state index is 0.704. The van der Waals surface area contributed by atoms with Gasteiger partial charge in [-0.1, -0.05) is 0 Å². The molecule has 5 heteroatoms. The fraction of sp³-hybridized carbons (Fsp3) is 0.455. The van der Waals surface area contributed by atoms with Crippen LogP contribution in [-0.4, -0.2) is 19.7 Å². The summed E-state index contributed by atoms with van der Waals surface area (Å²) >= 11 is 0. The summed E-state index contributed by atoms with van der Waals surface area (Å²) in [5.41, 5.74) is 10.5. The van der Waals surface area contributed by atoms with Crippen molar-refractivity contribution in [3.8, 4) is 11.5 Å². The van der Waals surface area contributed by atoms with Gasteiger partial charge in [-0.2, -0.15) is 5.10 Å². The first kappa shape index (κ1) is 10.7. The van der Waals surface area contributed by atoms with Gasteiger partial charge in [0.1, 0.15) is 5.69 Å². The Morgan fingerprint density at radius 1 is 1.25 bits per heavy atom. The maximum Gasteiger partial charge on any atom is 0.158 e. The van der Waals surface area contributed by atoms with Crippen molar-refractivity contribution in [1.29, 1.82) is 0 Å². The van der Waals surface area contributed by atoms with Gasteiger partial charge in [0.15, 0.2) is 5.82 Å². The van der Waals surface area contributed by atoms with Crippen LogP contribution in [0, 0.1) is 20.8 Å². The highest BCUT2D eigenvalue weighted by atomic mass is 15.3. The molecule has 3 N–H and O–H groups in total. The first-order chi connectivity index (χ1) is 7.54. The van der Waals surface area contributed by atoms with E-state index < -0.39 is 0 Å². The summed E-state index contributed by atoms with van der Waals surface area (Å²) < 4.78 is 1.88. The number of anilines is 1. The number of imidazole rings is 1. The summed E-state index contributed by atoms with van der Waals surface area (Å²) in [6.07, 6.45) is 0. The molecule has 0 fully saturated rings. The number of rotatable bonds is 2. The average Bonchev–Trinajstić information content (AvgIpc) is 2.70. The first-order valence-electron chi connectivity index (χ1n) is 5.41. The Kier molecular flexibility index (Phi) is 2.46. The molecule has 2 heterocycles. The Morgan fingerprint density at radius 3 is 2.44 bits per heavy atom. The van der Waals surface area contributed by atoms with Crippen LogP contribution in [0.3, 0.4) is 0 Å². The summed E-state index contributed by atoms with van der Waals surface area (Å²) in [7, 11) is 0. The normalized spacial score (nSPS) is 11.0. The van der Waals surface area contributed by atoms with Gasteiger partial charge in [0.2, 0.25) is 0 Å². The van der Waals surface area contributed by atoms with Crippen molar-refractivity contribution < 1.29 is 0 Å². The Balaban J connectivity index is 2.62. The smallest absolute Gasteiger partial charge is 0.158 e. The van der Waals surface area contributed by atoms with Crippen LogP contribution in [0.4, 0.5) is 5.69 Å². The third-order valence-corrected chi connectivity index (χ3v) is 2.83. The standard InChI is InChI=1S/C11H17N5/c1-5-16-10(9(12)8(4)15-16)11-13-6(2)7(3)14-11/h5,12H2,1-4H3,(H,13,14). The van der Waals surface area contributed by atoms with E-state index in [-0.39, 0.29) is 0 Å². The van der Waals surface area contributed by atoms with Crippen LogP contribution in [-0.2, 0) is 6.54 Å². The Bertz CT molecular complexity index is 501. The topological polar surface area (TPSA) is 72.5 Å². The van der Waals surface area contributed by atoms with E-state index in [1.165, 1.54) is 0 Å². The number of aryl methyl sites for hydroxylation is 4. The largest absolute Gasteiger partial charge is 0.395 e. The van der Waals surface area contributed by atoms with E-state index in [0.29, 0.717) is 5.69 Å². The molecule has 0 atom stereocenters. The van der Waals surface area contributed by atoms with Crippen molar-refractivity contribution >= 4 is 5.69 Å². The molecule has 0 spiro atoms. The zero-order valence-electron chi connectivity index (χ0n) is 10.1. The fourth-order valence-corrected chi connectivity index (χ4v) is 1.73. The zero-order valence-corrected chi connectivity index (χ0v) is 10.1. The molecule has 0 aliphatic carbocycles. The molecule has 0 bridgehead atoms. The SMILES string of the molecule is CCn1nc(C)c(N)c1-c1nc(C)c(C)[nH]1. The molecule has 0 saturated heterocycles. The lowest BCUT2D eigenvalue weighted by Gasteiger charge is -2.02. The Hall–Kier alpha value is -1.78. The van der Waals surface area contributed by atoms with Crippen molar-refractivity contribution in [2.24, 2.45) is 0 Å². The second kappa shape index (κ2) is 3.66. The number of aromatic nitrogens is 4. The number of aromatic amines is 1. The summed E-state index contributed by atoms with van der Waals surface area (Å²) in [5, 5.41) is 4.38. The van der Waals surface area contributed by atoms with Crippen LogP contribution in [0.15, 0.2) is 0 Å². The van der Waals surface area contributed by atoms with Crippen LogP contribution in [0.25, 0.3) is 11.5 Å². The second-order valence-electron chi connectivity index (χ2n) is 3.96. The maximum absolute atomic E-state index is 6.03. The van der Waals surface area contributed by atoms with Crippen LogP contribution in [0.2, 0.25) is 0 Å². The monoisotopic (exact) mass is 219 g/mol. The number of nitrogens with one attached hydrogen (secondary N) is 1. The van der Waals surface area contributed by atoms with Crippen LogP contribution in [0.5, 0.6) is 0 Å². The third kappa shape index (κ3) is 1.48. The molecule has 2 rings (SSSR count). The van der Waals surface area contributed by atoms with E-state index >= 15 is 0 Å². The molecule has 86 valence electrons. The average molecular weight is 219 g/mol. The third-order valence-electron chi connectivity index (χ3n) is 2.83. The van der Waals surface area contributed by atoms with Gasteiger partial charge >= 0.3 is 0 Å². The number of H-pyrrole nitrogens is 1. The van der Waals surface area contributed by atoms with Gasteiger partial charge in [-0.05, 0) is 27.7 Å². The summed E-state index contributed by atoms with van der Waals surface area (Å²) in [5.74, 6) is 0.801. The lowest BCUT2D eigenvalue weighted by molar-refractivity contribution is 0.658. The Morgan fingerprint density at radius 2 is 1.94 bits per heavy atom. The van der Waals surface area contributed by atoms with E-state index in [2.05, 4.69) is 15.1 Å². The summed E-state index contributed by atoms with van der Waals surface area (Å²) in [6, 6.07) is 0. The summed E-state index contributed by atoms with van der Waals surface area (Å²) in [6.45, 7) is 8.71. The Labute approximate surface area is 94.7 Å². The second-order valence-corrected chi connectivity index (χ2v) is 3.96. The summed E-state index contributed by atoms with van der Waals surface area (Å²) in [4.78, 5) is 7.70. The highest BCUT2D eigenvalue weighted by Crippen LogP contribution is 2.26. The quantitative estimate of drug-likeness (QED) is 0.809. The van der Waals surface area contributed by atoms with Crippen molar-refractivity contribution in [2.45, 2.75) is 34.2 Å². The number of nitrogens with two attached hydrogens (primary N) is 1. The first-order valence-corrected chi connectivity index (χ1v) is 5.41. The molecule has 0 saturated carbocycles. The van der Waals surface area contributed by atoms with Crippen molar-refractivity contribution in [3.05, 3.63) is 17.1 Å². The number of hydrogen-bond acceptors (Lipinski definition) is 3. The molecule has 5 nitrogen and oxygen atoms in total. The molecule has 0 unspecified atom stereocenters. The molecule has 0 amide bonds.